The molecule has 3 rings (SSSR count). The third kappa shape index (κ3) is 4.39. The molecule has 1 aromatic rings. The molecule has 7 heteroatoms. The van der Waals surface area contributed by atoms with E-state index >= 15 is 0 Å². The molecule has 2 heterocycles. The molecule has 1 amide bonds. The first kappa shape index (κ1) is 17.9. The largest absolute Gasteiger partial charge is 0.481 e. The molecule has 1 saturated heterocycles. The van der Waals surface area contributed by atoms with Crippen LogP contribution in [0.2, 0.25) is 0 Å². The van der Waals surface area contributed by atoms with E-state index < -0.39 is 0 Å². The Labute approximate surface area is 148 Å². The van der Waals surface area contributed by atoms with Crippen LogP contribution in [0.15, 0.2) is 6.07 Å². The normalized spacial score (nSPS) is 26.2. The Bertz CT molecular complexity index is 567. The van der Waals surface area contributed by atoms with Gasteiger partial charge in [0.1, 0.15) is 5.82 Å². The highest BCUT2D eigenvalue weighted by Gasteiger charge is 2.34. The predicted molar refractivity (Wildman–Crippen MR) is 91.8 cm³/mol. The lowest BCUT2D eigenvalue weighted by molar-refractivity contribution is -0.127. The molecular formula is C18H27N3O4. The van der Waals surface area contributed by atoms with Crippen molar-refractivity contribution in [2.24, 2.45) is 5.92 Å². The van der Waals surface area contributed by atoms with Gasteiger partial charge in [-0.05, 0) is 25.7 Å². The summed E-state index contributed by atoms with van der Waals surface area (Å²) < 4.78 is 16.1. The summed E-state index contributed by atoms with van der Waals surface area (Å²) in [5.41, 5.74) is 0. The number of carbonyl (C=O) groups excluding carboxylic acids is 1. The second-order valence-corrected chi connectivity index (χ2v) is 6.69. The fourth-order valence-electron chi connectivity index (χ4n) is 3.70. The topological polar surface area (TPSA) is 82.6 Å². The van der Waals surface area contributed by atoms with Gasteiger partial charge in [-0.15, -0.1) is 0 Å². The molecule has 1 N–H and O–H groups in total. The zero-order chi connectivity index (χ0) is 17.6. The van der Waals surface area contributed by atoms with E-state index in [2.05, 4.69) is 15.3 Å². The highest BCUT2D eigenvalue weighted by molar-refractivity contribution is 5.79. The van der Waals surface area contributed by atoms with Crippen LogP contribution in [-0.4, -0.2) is 49.4 Å². The molecular weight excluding hydrogens is 322 g/mol. The van der Waals surface area contributed by atoms with E-state index in [-0.39, 0.29) is 23.8 Å². The van der Waals surface area contributed by atoms with Gasteiger partial charge in [0.25, 0.3) is 0 Å². The van der Waals surface area contributed by atoms with E-state index in [9.17, 15) is 4.79 Å². The highest BCUT2D eigenvalue weighted by Crippen LogP contribution is 2.37. The lowest BCUT2D eigenvalue weighted by Crippen LogP contribution is -2.39. The summed E-state index contributed by atoms with van der Waals surface area (Å²) in [5, 5.41) is 3.07. The van der Waals surface area contributed by atoms with Crippen LogP contribution in [0.5, 0.6) is 11.8 Å². The molecule has 138 valence electrons. The van der Waals surface area contributed by atoms with Crippen LogP contribution in [0.25, 0.3) is 0 Å². The molecule has 0 spiro atoms. The Morgan fingerprint density at radius 1 is 1.16 bits per heavy atom. The lowest BCUT2D eigenvalue weighted by Gasteiger charge is -2.30. The maximum Gasteiger partial charge on any atom is 0.223 e. The van der Waals surface area contributed by atoms with Crippen LogP contribution in [-0.2, 0) is 9.53 Å². The summed E-state index contributed by atoms with van der Waals surface area (Å²) in [6.45, 7) is 1.38. The van der Waals surface area contributed by atoms with Gasteiger partial charge in [0.15, 0.2) is 0 Å². The Kier molecular flexibility index (Phi) is 6.07. The summed E-state index contributed by atoms with van der Waals surface area (Å²) in [6, 6.07) is 1.65. The number of carbonyl (C=O) groups is 1. The Morgan fingerprint density at radius 3 is 2.52 bits per heavy atom. The van der Waals surface area contributed by atoms with Crippen molar-refractivity contribution in [1.82, 2.24) is 15.3 Å². The van der Waals surface area contributed by atoms with Crippen molar-refractivity contribution in [2.45, 2.75) is 50.5 Å². The van der Waals surface area contributed by atoms with E-state index in [0.717, 1.165) is 45.1 Å². The van der Waals surface area contributed by atoms with Gasteiger partial charge in [-0.25, -0.2) is 0 Å². The van der Waals surface area contributed by atoms with E-state index in [1.165, 1.54) is 0 Å². The van der Waals surface area contributed by atoms with Crippen molar-refractivity contribution in [1.29, 1.82) is 0 Å². The van der Waals surface area contributed by atoms with Crippen LogP contribution in [0.4, 0.5) is 0 Å². The van der Waals surface area contributed by atoms with Crippen molar-refractivity contribution in [2.75, 3.05) is 27.4 Å². The molecule has 0 bridgehead atoms. The quantitative estimate of drug-likeness (QED) is 0.846. The van der Waals surface area contributed by atoms with Crippen molar-refractivity contribution in [3.05, 3.63) is 11.9 Å². The fraction of sp³-hybridized carbons (Fsp3) is 0.722. The number of nitrogens with one attached hydrogen (secondary N) is 1. The van der Waals surface area contributed by atoms with Gasteiger partial charge in [-0.1, -0.05) is 12.8 Å². The molecule has 2 aliphatic rings. The summed E-state index contributed by atoms with van der Waals surface area (Å²) in [4.78, 5) is 21.7. The molecule has 1 aliphatic carbocycles. The molecule has 1 aromatic heterocycles. The number of hydrogen-bond acceptors (Lipinski definition) is 6. The summed E-state index contributed by atoms with van der Waals surface area (Å²) >= 11 is 0. The van der Waals surface area contributed by atoms with E-state index in [1.807, 2.05) is 0 Å². The molecule has 7 nitrogen and oxygen atoms in total. The van der Waals surface area contributed by atoms with Crippen LogP contribution in [0.1, 0.15) is 50.3 Å². The molecule has 3 atom stereocenters. The zero-order valence-electron chi connectivity index (χ0n) is 15.0. The smallest absolute Gasteiger partial charge is 0.223 e. The molecule has 1 aliphatic heterocycles. The summed E-state index contributed by atoms with van der Waals surface area (Å²) in [5.74, 6) is 1.50. The first-order chi connectivity index (χ1) is 12.2. The third-order valence-corrected chi connectivity index (χ3v) is 5.08. The van der Waals surface area contributed by atoms with Crippen molar-refractivity contribution >= 4 is 5.91 Å². The second-order valence-electron chi connectivity index (χ2n) is 6.69. The van der Waals surface area contributed by atoms with Crippen molar-refractivity contribution in [3.8, 4) is 11.8 Å². The van der Waals surface area contributed by atoms with Gasteiger partial charge in [0.05, 0.1) is 26.4 Å². The monoisotopic (exact) mass is 349 g/mol. The Balaban J connectivity index is 1.72. The zero-order valence-corrected chi connectivity index (χ0v) is 15.0. The molecule has 2 fully saturated rings. The van der Waals surface area contributed by atoms with Crippen LogP contribution in [0.3, 0.4) is 0 Å². The Morgan fingerprint density at radius 2 is 1.88 bits per heavy atom. The highest BCUT2D eigenvalue weighted by atomic mass is 16.5. The summed E-state index contributed by atoms with van der Waals surface area (Å²) in [6.07, 6.45) is 6.12. The lowest BCUT2D eigenvalue weighted by atomic mass is 9.78. The first-order valence-corrected chi connectivity index (χ1v) is 9.07. The van der Waals surface area contributed by atoms with Gasteiger partial charge in [0, 0.05) is 25.0 Å². The number of rotatable bonds is 6. The number of ether oxygens (including phenoxy) is 3. The maximum atomic E-state index is 12.8. The fourth-order valence-corrected chi connectivity index (χ4v) is 3.70. The van der Waals surface area contributed by atoms with Crippen LogP contribution >= 0.6 is 0 Å². The predicted octanol–water partition coefficient (Wildman–Crippen LogP) is 2.06. The average molecular weight is 349 g/mol. The van der Waals surface area contributed by atoms with E-state index in [4.69, 9.17) is 14.2 Å². The van der Waals surface area contributed by atoms with Crippen LogP contribution in [0, 0.1) is 5.92 Å². The molecule has 1 saturated carbocycles. The van der Waals surface area contributed by atoms with Gasteiger partial charge in [0.2, 0.25) is 17.7 Å². The molecule has 0 aromatic carbocycles. The second kappa shape index (κ2) is 8.47. The van der Waals surface area contributed by atoms with Crippen molar-refractivity contribution in [3.63, 3.8) is 0 Å². The van der Waals surface area contributed by atoms with E-state index in [0.29, 0.717) is 24.1 Å². The third-order valence-electron chi connectivity index (χ3n) is 5.08. The molecule has 3 unspecified atom stereocenters. The number of hydrogen-bond donors (Lipinski definition) is 1. The SMILES string of the molecule is COc1cc(OC)nc(C2CCCCC2C(=O)NCC2CCCO2)n1. The minimum Gasteiger partial charge on any atom is -0.481 e. The molecule has 0 radical (unpaired) electrons. The van der Waals surface area contributed by atoms with E-state index in [1.54, 1.807) is 20.3 Å². The minimum atomic E-state index is -0.119. The van der Waals surface area contributed by atoms with Gasteiger partial charge >= 0.3 is 0 Å². The average Bonchev–Trinajstić information content (AvgIpc) is 3.19. The Hall–Kier alpha value is -1.89. The number of amides is 1. The van der Waals surface area contributed by atoms with Crippen molar-refractivity contribution < 1.29 is 19.0 Å². The van der Waals surface area contributed by atoms with Gasteiger partial charge in [-0.2, -0.15) is 9.97 Å². The number of methoxy groups -OCH3 is 2. The van der Waals surface area contributed by atoms with Crippen LogP contribution < -0.4 is 14.8 Å². The number of aromatic nitrogens is 2. The minimum absolute atomic E-state index is 0.0118. The standard InChI is InChI=1S/C18H27N3O4/c1-23-15-10-16(24-2)21-17(20-15)13-7-3-4-8-14(13)18(22)19-11-12-6-5-9-25-12/h10,12-14H,3-9,11H2,1-2H3,(H,19,22). The van der Waals surface area contributed by atoms with Gasteiger partial charge in [-0.3, -0.25) is 4.79 Å². The first-order valence-electron chi connectivity index (χ1n) is 9.07. The van der Waals surface area contributed by atoms with Gasteiger partial charge < -0.3 is 19.5 Å². The molecule has 25 heavy (non-hydrogen) atoms. The maximum absolute atomic E-state index is 12.8. The number of nitrogens with zero attached hydrogens (tertiary/aromatic N) is 2. The summed E-state index contributed by atoms with van der Waals surface area (Å²) in [7, 11) is 3.14.